The molecule has 0 spiro atoms. The second-order valence-corrected chi connectivity index (χ2v) is 8.94. The van der Waals surface area contributed by atoms with Crippen LogP contribution in [-0.4, -0.2) is 10.9 Å². The van der Waals surface area contributed by atoms with Crippen molar-refractivity contribution in [1.82, 2.24) is 4.98 Å². The lowest BCUT2D eigenvalue weighted by molar-refractivity contribution is 0.196. The molecule has 0 unspecified atom stereocenters. The maximum Gasteiger partial charge on any atom is 0.236 e. The van der Waals surface area contributed by atoms with Gasteiger partial charge in [0.25, 0.3) is 0 Å². The van der Waals surface area contributed by atoms with Crippen LogP contribution in [0.25, 0.3) is 0 Å². The molecule has 0 bridgehead atoms. The molecule has 0 saturated carbocycles. The molecule has 36 heavy (non-hydrogen) atoms. The summed E-state index contributed by atoms with van der Waals surface area (Å²) in [4.78, 5) is 10.2. The molecule has 0 N–H and O–H groups in total. The van der Waals surface area contributed by atoms with E-state index in [9.17, 15) is 0 Å². The summed E-state index contributed by atoms with van der Waals surface area (Å²) in [6.45, 7) is 0. The second-order valence-electron chi connectivity index (χ2n) is 8.94. The Labute approximate surface area is 211 Å². The Hall–Kier alpha value is -4.50. The van der Waals surface area contributed by atoms with Crippen LogP contribution in [0, 0.1) is 0 Å². The predicted octanol–water partition coefficient (Wildman–Crippen LogP) is 7.52. The number of hydrogen-bond donors (Lipinski definition) is 0. The van der Waals surface area contributed by atoms with Crippen molar-refractivity contribution in [2.45, 2.75) is 18.1 Å². The molecule has 0 radical (unpaired) electrons. The Morgan fingerprint density at radius 3 is 1.64 bits per heavy atom. The van der Waals surface area contributed by atoms with Crippen LogP contribution in [-0.2, 0) is 4.74 Å². The van der Waals surface area contributed by atoms with Gasteiger partial charge < -0.3 is 4.74 Å². The number of pyridine rings is 1. The van der Waals surface area contributed by atoms with Gasteiger partial charge in [-0.05, 0) is 34.4 Å². The molecule has 6 rings (SSSR count). The van der Waals surface area contributed by atoms with Crippen molar-refractivity contribution < 1.29 is 4.74 Å². The third-order valence-corrected chi connectivity index (χ3v) is 6.60. The minimum atomic E-state index is -0.201. The van der Waals surface area contributed by atoms with Gasteiger partial charge in [-0.15, -0.1) is 0 Å². The molecule has 5 aromatic rings. The molecule has 0 amide bonds. The molecule has 1 aliphatic rings. The van der Waals surface area contributed by atoms with Gasteiger partial charge in [-0.3, -0.25) is 0 Å². The Morgan fingerprint density at radius 2 is 1.06 bits per heavy atom. The fourth-order valence-electron chi connectivity index (χ4n) is 4.88. The summed E-state index contributed by atoms with van der Waals surface area (Å²) in [5.41, 5.74) is 6.36. The van der Waals surface area contributed by atoms with Gasteiger partial charge in [0, 0.05) is 0 Å². The van der Waals surface area contributed by atoms with Gasteiger partial charge >= 0.3 is 0 Å². The second kappa shape index (κ2) is 10.0. The highest BCUT2D eigenvalue weighted by molar-refractivity contribution is 5.93. The van der Waals surface area contributed by atoms with Crippen LogP contribution in [0.5, 0.6) is 0 Å². The molecular formula is C33H26N2O. The van der Waals surface area contributed by atoms with E-state index in [4.69, 9.17) is 14.7 Å². The summed E-state index contributed by atoms with van der Waals surface area (Å²) in [5.74, 6) is 0.601. The molecule has 0 fully saturated rings. The van der Waals surface area contributed by atoms with Crippen molar-refractivity contribution in [3.05, 3.63) is 173 Å². The van der Waals surface area contributed by atoms with E-state index in [0.717, 1.165) is 22.5 Å². The zero-order valence-electron chi connectivity index (χ0n) is 19.8. The van der Waals surface area contributed by atoms with E-state index >= 15 is 0 Å². The Kier molecular flexibility index (Phi) is 6.11. The molecule has 2 heterocycles. The van der Waals surface area contributed by atoms with E-state index in [0.29, 0.717) is 5.90 Å². The average molecular weight is 467 g/mol. The van der Waals surface area contributed by atoms with Crippen LogP contribution in [0.15, 0.2) is 145 Å². The first kappa shape index (κ1) is 22.0. The number of benzene rings is 4. The fourth-order valence-corrected chi connectivity index (χ4v) is 4.88. The Balaban J connectivity index is 1.41. The SMILES string of the molecule is c1ccc(C(c2ccccc2)c2cccc(C3=N[C@@H](c4ccccc4)[C@@H](c4ccccc4)O3)n2)cc1. The normalized spacial score (nSPS) is 17.0. The largest absolute Gasteiger partial charge is 0.465 e. The van der Waals surface area contributed by atoms with Crippen LogP contribution in [0.2, 0.25) is 0 Å². The average Bonchev–Trinajstić information content (AvgIpc) is 3.41. The quantitative estimate of drug-likeness (QED) is 0.259. The lowest BCUT2D eigenvalue weighted by atomic mass is 9.88. The summed E-state index contributed by atoms with van der Waals surface area (Å²) in [7, 11) is 0. The standard InChI is InChI=1S/C33H26N2O/c1-5-14-24(15-6-1)30(25-16-7-2-8-17-25)28-22-13-23-29(34-28)33-35-31(26-18-9-3-10-19-26)32(36-33)27-20-11-4-12-21-27/h1-23,30-32H/t31-,32+/m0/s1. The number of aromatic nitrogens is 1. The van der Waals surface area contributed by atoms with Crippen molar-refractivity contribution in [3.8, 4) is 0 Å². The molecule has 174 valence electrons. The molecule has 1 aromatic heterocycles. The van der Waals surface area contributed by atoms with Crippen molar-refractivity contribution in [2.24, 2.45) is 4.99 Å². The van der Waals surface area contributed by atoms with E-state index in [1.807, 2.05) is 54.6 Å². The molecule has 0 saturated heterocycles. The highest BCUT2D eigenvalue weighted by Crippen LogP contribution is 2.41. The van der Waals surface area contributed by atoms with E-state index in [-0.39, 0.29) is 18.1 Å². The smallest absolute Gasteiger partial charge is 0.236 e. The van der Waals surface area contributed by atoms with Gasteiger partial charge in [-0.1, -0.05) is 127 Å². The first-order valence-electron chi connectivity index (χ1n) is 12.3. The van der Waals surface area contributed by atoms with Crippen LogP contribution in [0.1, 0.15) is 51.7 Å². The first-order valence-corrected chi connectivity index (χ1v) is 12.3. The van der Waals surface area contributed by atoms with Crippen molar-refractivity contribution in [3.63, 3.8) is 0 Å². The van der Waals surface area contributed by atoms with Gasteiger partial charge in [-0.25, -0.2) is 9.98 Å². The molecule has 1 aliphatic heterocycles. The lowest BCUT2D eigenvalue weighted by Gasteiger charge is -2.19. The Morgan fingerprint density at radius 1 is 0.528 bits per heavy atom. The van der Waals surface area contributed by atoms with Crippen molar-refractivity contribution >= 4 is 5.90 Å². The minimum Gasteiger partial charge on any atom is -0.465 e. The monoisotopic (exact) mass is 466 g/mol. The molecule has 4 aromatic carbocycles. The third kappa shape index (κ3) is 4.44. The van der Waals surface area contributed by atoms with Crippen molar-refractivity contribution in [1.29, 1.82) is 0 Å². The molecule has 2 atom stereocenters. The van der Waals surface area contributed by atoms with Gasteiger partial charge in [0.2, 0.25) is 5.90 Å². The van der Waals surface area contributed by atoms with E-state index in [1.54, 1.807) is 0 Å². The van der Waals surface area contributed by atoms with Gasteiger partial charge in [0.1, 0.15) is 11.7 Å². The third-order valence-electron chi connectivity index (χ3n) is 6.60. The predicted molar refractivity (Wildman–Crippen MR) is 144 cm³/mol. The molecule has 3 heteroatoms. The van der Waals surface area contributed by atoms with Crippen molar-refractivity contribution in [2.75, 3.05) is 0 Å². The van der Waals surface area contributed by atoms with Gasteiger partial charge in [0.05, 0.1) is 11.6 Å². The molecule has 0 aliphatic carbocycles. The van der Waals surface area contributed by atoms with Gasteiger partial charge in [0.15, 0.2) is 6.10 Å². The summed E-state index contributed by atoms with van der Waals surface area (Å²) in [6, 6.07) is 47.7. The molecule has 3 nitrogen and oxygen atoms in total. The highest BCUT2D eigenvalue weighted by atomic mass is 16.5. The first-order chi connectivity index (χ1) is 17.9. The number of hydrogen-bond acceptors (Lipinski definition) is 3. The topological polar surface area (TPSA) is 34.5 Å². The van der Waals surface area contributed by atoms with Crippen LogP contribution >= 0.6 is 0 Å². The zero-order chi connectivity index (χ0) is 24.2. The van der Waals surface area contributed by atoms with Crippen LogP contribution in [0.4, 0.5) is 0 Å². The number of rotatable bonds is 6. The molecular weight excluding hydrogens is 440 g/mol. The van der Waals surface area contributed by atoms with E-state index in [1.165, 1.54) is 11.1 Å². The van der Waals surface area contributed by atoms with Crippen LogP contribution < -0.4 is 0 Å². The summed E-state index contributed by atoms with van der Waals surface area (Å²) in [6.07, 6.45) is -0.201. The zero-order valence-corrected chi connectivity index (χ0v) is 19.8. The maximum atomic E-state index is 6.53. The van der Waals surface area contributed by atoms with Gasteiger partial charge in [-0.2, -0.15) is 0 Å². The van der Waals surface area contributed by atoms with E-state index < -0.39 is 0 Å². The highest BCUT2D eigenvalue weighted by Gasteiger charge is 2.34. The minimum absolute atomic E-state index is 0.0178. The number of nitrogens with zero attached hydrogens (tertiary/aromatic N) is 2. The summed E-state index contributed by atoms with van der Waals surface area (Å²) < 4.78 is 6.53. The van der Waals surface area contributed by atoms with E-state index in [2.05, 4.69) is 84.9 Å². The summed E-state index contributed by atoms with van der Waals surface area (Å²) in [5, 5.41) is 0. The summed E-state index contributed by atoms with van der Waals surface area (Å²) >= 11 is 0. The van der Waals surface area contributed by atoms with Crippen LogP contribution in [0.3, 0.4) is 0 Å². The number of ether oxygens (including phenoxy) is 1. The fraction of sp³-hybridized carbons (Fsp3) is 0.0909. The maximum absolute atomic E-state index is 6.53. The Bertz CT molecular complexity index is 1410. The number of aliphatic imine (C=N–C) groups is 1. The lowest BCUT2D eigenvalue weighted by Crippen LogP contribution is -2.12.